The summed E-state index contributed by atoms with van der Waals surface area (Å²) in [5, 5.41) is 33.8. The molecule has 1 aliphatic carbocycles. The maximum atomic E-state index is 12.4. The smallest absolute Gasteiger partial charge is 0.310 e. The number of hydrogen-bond acceptors (Lipinski definition) is 5. The minimum atomic E-state index is -2.12. The molecule has 1 fully saturated rings. The number of ether oxygens (including phenoxy) is 1. The van der Waals surface area contributed by atoms with Crippen molar-refractivity contribution in [2.75, 3.05) is 0 Å². The van der Waals surface area contributed by atoms with Gasteiger partial charge in [-0.15, -0.1) is 0 Å². The first-order chi connectivity index (χ1) is 14.8. The van der Waals surface area contributed by atoms with Crippen LogP contribution in [0.15, 0.2) is 71.3 Å². The van der Waals surface area contributed by atoms with E-state index in [0.717, 1.165) is 4.47 Å². The molecule has 5 rings (SSSR count). The van der Waals surface area contributed by atoms with Crippen molar-refractivity contribution in [2.24, 2.45) is 5.92 Å². The number of halogens is 2. The molecule has 1 saturated carbocycles. The van der Waals surface area contributed by atoms with Crippen LogP contribution in [0.4, 0.5) is 0 Å². The van der Waals surface area contributed by atoms with E-state index in [2.05, 4.69) is 20.9 Å². The number of carboxylic acids is 1. The van der Waals surface area contributed by atoms with Crippen molar-refractivity contribution in [3.05, 3.63) is 93.2 Å². The Balaban J connectivity index is 1.87. The second kappa shape index (κ2) is 7.03. The third kappa shape index (κ3) is 2.64. The molecule has 3 N–H and O–H groups in total. The van der Waals surface area contributed by atoms with Gasteiger partial charge in [-0.2, -0.15) is 0 Å². The summed E-state index contributed by atoms with van der Waals surface area (Å²) in [6.45, 7) is 0. The molecule has 3 aromatic rings. The summed E-state index contributed by atoms with van der Waals surface area (Å²) in [7, 11) is 0. The molecule has 2 heterocycles. The second-order valence-corrected chi connectivity index (χ2v) is 9.16. The number of pyridine rings is 1. The van der Waals surface area contributed by atoms with E-state index in [-0.39, 0.29) is 11.4 Å². The van der Waals surface area contributed by atoms with Crippen molar-refractivity contribution in [1.82, 2.24) is 4.98 Å². The van der Waals surface area contributed by atoms with E-state index in [1.54, 1.807) is 48.5 Å². The van der Waals surface area contributed by atoms with Gasteiger partial charge in [0.2, 0.25) is 0 Å². The number of aliphatic hydroxyl groups excluding tert-OH is 1. The van der Waals surface area contributed by atoms with Crippen LogP contribution in [-0.4, -0.2) is 32.4 Å². The number of fused-ring (bicyclic) bond motifs is 3. The van der Waals surface area contributed by atoms with Crippen LogP contribution in [-0.2, 0) is 16.0 Å². The number of carboxylic acid groups (broad SMARTS) is 1. The highest BCUT2D eigenvalue weighted by Gasteiger charge is 2.78. The Kier molecular flexibility index (Phi) is 4.64. The van der Waals surface area contributed by atoms with Gasteiger partial charge in [0.05, 0.1) is 10.9 Å². The molecule has 2 aliphatic rings. The zero-order chi connectivity index (χ0) is 22.0. The average Bonchev–Trinajstić information content (AvgIpc) is 3.12. The monoisotopic (exact) mass is 501 g/mol. The van der Waals surface area contributed by atoms with Crippen LogP contribution in [0.3, 0.4) is 0 Å². The van der Waals surface area contributed by atoms with Crippen LogP contribution in [0.2, 0.25) is 5.02 Å². The topological polar surface area (TPSA) is 99.9 Å². The lowest BCUT2D eigenvalue weighted by atomic mass is 9.71. The van der Waals surface area contributed by atoms with Gasteiger partial charge in [0.25, 0.3) is 0 Å². The third-order valence-corrected chi connectivity index (χ3v) is 7.04. The molecular formula is C23H17BrClNO5. The fraction of sp³-hybridized carbons (Fsp3) is 0.217. The first-order valence-corrected chi connectivity index (χ1v) is 10.8. The lowest BCUT2D eigenvalue weighted by Gasteiger charge is -2.40. The molecule has 0 saturated heterocycles. The lowest BCUT2D eigenvalue weighted by Crippen LogP contribution is -2.52. The minimum absolute atomic E-state index is 0.0667. The van der Waals surface area contributed by atoms with Gasteiger partial charge < -0.3 is 20.1 Å². The van der Waals surface area contributed by atoms with E-state index < -0.39 is 35.1 Å². The van der Waals surface area contributed by atoms with Crippen LogP contribution in [0.5, 0.6) is 5.75 Å². The van der Waals surface area contributed by atoms with E-state index in [1.165, 1.54) is 12.3 Å². The van der Waals surface area contributed by atoms with Gasteiger partial charge in [0, 0.05) is 22.7 Å². The molecule has 0 amide bonds. The van der Waals surface area contributed by atoms with Crippen LogP contribution < -0.4 is 4.74 Å². The maximum absolute atomic E-state index is 12.4. The Morgan fingerprint density at radius 3 is 2.45 bits per heavy atom. The van der Waals surface area contributed by atoms with Crippen LogP contribution in [0.1, 0.15) is 22.7 Å². The van der Waals surface area contributed by atoms with E-state index in [1.807, 2.05) is 6.07 Å². The van der Waals surface area contributed by atoms with Crippen molar-refractivity contribution in [1.29, 1.82) is 0 Å². The van der Waals surface area contributed by atoms with Crippen molar-refractivity contribution in [3.63, 3.8) is 0 Å². The molecule has 1 aromatic heterocycles. The minimum Gasteiger partial charge on any atom is -0.481 e. The summed E-state index contributed by atoms with van der Waals surface area (Å²) in [5.74, 6) is -3.29. The number of benzene rings is 2. The van der Waals surface area contributed by atoms with E-state index in [0.29, 0.717) is 16.1 Å². The molecule has 0 spiro atoms. The van der Waals surface area contributed by atoms with Crippen LogP contribution in [0, 0.1) is 5.92 Å². The van der Waals surface area contributed by atoms with E-state index in [4.69, 9.17) is 16.3 Å². The van der Waals surface area contributed by atoms with Crippen molar-refractivity contribution >= 4 is 33.5 Å². The summed E-state index contributed by atoms with van der Waals surface area (Å²) >= 11 is 9.53. The van der Waals surface area contributed by atoms with Gasteiger partial charge in [-0.1, -0.05) is 70.0 Å². The first kappa shape index (κ1) is 20.5. The fourth-order valence-corrected chi connectivity index (χ4v) is 5.52. The standard InChI is InChI=1S/C23H17BrClNO5/c24-14-8-6-13(7-9-14)23-18(12-4-2-1-3-5-12)17(21(28)29)20(27)22(23,30)19-16(31-23)10-15(25)11-26-19/h1-11,17-18,20,27,30H,(H,28,29)/t17-,18-,20-,22+,23+/m1/s1. The number of hydrogen-bond donors (Lipinski definition) is 3. The fourth-order valence-electron chi connectivity index (χ4n) is 5.10. The molecule has 5 atom stereocenters. The number of aliphatic carboxylic acids is 1. The highest BCUT2D eigenvalue weighted by molar-refractivity contribution is 9.10. The Morgan fingerprint density at radius 1 is 1.13 bits per heavy atom. The molecule has 2 aromatic carbocycles. The Hall–Kier alpha value is -2.45. The molecule has 8 heteroatoms. The van der Waals surface area contributed by atoms with Crippen molar-refractivity contribution in [2.45, 2.75) is 23.2 Å². The number of aromatic nitrogens is 1. The summed E-state index contributed by atoms with van der Waals surface area (Å²) in [5.41, 5.74) is -2.56. The molecule has 0 unspecified atom stereocenters. The molecule has 158 valence electrons. The summed E-state index contributed by atoms with van der Waals surface area (Å²) in [4.78, 5) is 16.7. The average molecular weight is 503 g/mol. The predicted molar refractivity (Wildman–Crippen MR) is 116 cm³/mol. The molecule has 0 radical (unpaired) electrons. The van der Waals surface area contributed by atoms with Crippen molar-refractivity contribution < 1.29 is 24.9 Å². The summed E-state index contributed by atoms with van der Waals surface area (Å²) in [6.07, 6.45) is -0.341. The lowest BCUT2D eigenvalue weighted by molar-refractivity contribution is -0.160. The Morgan fingerprint density at radius 2 is 1.81 bits per heavy atom. The normalized spacial score (nSPS) is 31.0. The predicted octanol–water partition coefficient (Wildman–Crippen LogP) is 3.83. The summed E-state index contributed by atoms with van der Waals surface area (Å²) in [6, 6.07) is 17.5. The number of rotatable bonds is 3. The third-order valence-electron chi connectivity index (χ3n) is 6.30. The van der Waals surface area contributed by atoms with Crippen LogP contribution in [0.25, 0.3) is 0 Å². The van der Waals surface area contributed by atoms with Gasteiger partial charge in [-0.3, -0.25) is 9.78 Å². The molecule has 31 heavy (non-hydrogen) atoms. The zero-order valence-electron chi connectivity index (χ0n) is 15.9. The van der Waals surface area contributed by atoms with Gasteiger partial charge in [-0.05, 0) is 23.3 Å². The van der Waals surface area contributed by atoms with E-state index in [9.17, 15) is 20.1 Å². The Bertz CT molecular complexity index is 1170. The van der Waals surface area contributed by atoms with Gasteiger partial charge >= 0.3 is 5.97 Å². The van der Waals surface area contributed by atoms with Crippen LogP contribution >= 0.6 is 27.5 Å². The molecule has 6 nitrogen and oxygen atoms in total. The van der Waals surface area contributed by atoms with E-state index >= 15 is 0 Å². The number of carbonyl (C=O) groups is 1. The SMILES string of the molecule is O=C(O)[C@H]1[C@@H](O)[C@@]2(O)c3ncc(Cl)cc3O[C@@]2(c2ccc(Br)cc2)[C@@H]1c1ccccc1. The van der Waals surface area contributed by atoms with Crippen molar-refractivity contribution in [3.8, 4) is 5.75 Å². The molecule has 0 bridgehead atoms. The number of aliphatic hydroxyl groups is 2. The zero-order valence-corrected chi connectivity index (χ0v) is 18.3. The van der Waals surface area contributed by atoms with Gasteiger partial charge in [-0.25, -0.2) is 0 Å². The maximum Gasteiger partial charge on any atom is 0.310 e. The molecular weight excluding hydrogens is 486 g/mol. The summed E-state index contributed by atoms with van der Waals surface area (Å²) < 4.78 is 7.21. The largest absolute Gasteiger partial charge is 0.481 e. The Labute approximate surface area is 191 Å². The first-order valence-electron chi connectivity index (χ1n) is 9.60. The second-order valence-electron chi connectivity index (χ2n) is 7.81. The van der Waals surface area contributed by atoms with Gasteiger partial charge in [0.1, 0.15) is 17.5 Å². The highest BCUT2D eigenvalue weighted by Crippen LogP contribution is 2.68. The van der Waals surface area contributed by atoms with Gasteiger partial charge in [0.15, 0.2) is 11.2 Å². The molecule has 1 aliphatic heterocycles. The quantitative estimate of drug-likeness (QED) is 0.503. The highest BCUT2D eigenvalue weighted by atomic mass is 79.9. The number of nitrogens with zero attached hydrogens (tertiary/aromatic N) is 1.